The number of benzene rings is 1. The number of hydrogen-bond donors (Lipinski definition) is 2. The van der Waals surface area contributed by atoms with Crippen LogP contribution in [0.2, 0.25) is 0 Å². The van der Waals surface area contributed by atoms with Crippen LogP contribution >= 0.6 is 0 Å². The molecular weight excluding hydrogens is 392 g/mol. The summed E-state index contributed by atoms with van der Waals surface area (Å²) in [5.41, 5.74) is 1.66. The number of para-hydroxylation sites is 2. The lowest BCUT2D eigenvalue weighted by Crippen LogP contribution is -2.55. The molecule has 0 radical (unpaired) electrons. The van der Waals surface area contributed by atoms with Crippen LogP contribution in [0.4, 0.5) is 6.01 Å². The molecule has 3 aromatic rings. The van der Waals surface area contributed by atoms with Crippen molar-refractivity contribution in [1.29, 1.82) is 0 Å². The summed E-state index contributed by atoms with van der Waals surface area (Å²) in [5.74, 6) is 1.06. The lowest BCUT2D eigenvalue weighted by molar-refractivity contribution is 0.0811. The minimum atomic E-state index is -0.601. The van der Waals surface area contributed by atoms with Crippen molar-refractivity contribution in [2.45, 2.75) is 57.5 Å². The zero-order valence-electron chi connectivity index (χ0n) is 18.2. The van der Waals surface area contributed by atoms with Crippen molar-refractivity contribution in [2.24, 2.45) is 0 Å². The van der Waals surface area contributed by atoms with Gasteiger partial charge in [-0.15, -0.1) is 0 Å². The fourth-order valence-corrected chi connectivity index (χ4v) is 4.92. The van der Waals surface area contributed by atoms with E-state index in [9.17, 15) is 5.11 Å². The molecule has 2 saturated heterocycles. The zero-order chi connectivity index (χ0) is 21.2. The van der Waals surface area contributed by atoms with E-state index in [0.29, 0.717) is 12.1 Å². The number of fused-ring (bicyclic) bond motifs is 1. The normalized spacial score (nSPS) is 23.6. The van der Waals surface area contributed by atoms with E-state index in [2.05, 4.69) is 29.7 Å². The molecule has 0 spiro atoms. The second-order valence-electron chi connectivity index (χ2n) is 8.79. The Morgan fingerprint density at radius 2 is 2.10 bits per heavy atom. The molecule has 2 aliphatic heterocycles. The molecule has 2 aliphatic rings. The van der Waals surface area contributed by atoms with Gasteiger partial charge in [0, 0.05) is 44.6 Å². The van der Waals surface area contributed by atoms with Crippen LogP contribution in [0.1, 0.15) is 31.5 Å². The van der Waals surface area contributed by atoms with Crippen LogP contribution in [0.3, 0.4) is 0 Å². The summed E-state index contributed by atoms with van der Waals surface area (Å²) in [6.45, 7) is 6.87. The van der Waals surface area contributed by atoms with Crippen LogP contribution < -0.4 is 10.2 Å². The fraction of sp³-hybridized carbons (Fsp3) is 0.565. The number of nitrogens with zero attached hydrogens (tertiary/aromatic N) is 5. The summed E-state index contributed by atoms with van der Waals surface area (Å²) in [7, 11) is 0. The van der Waals surface area contributed by atoms with Gasteiger partial charge in [-0.1, -0.05) is 12.1 Å². The zero-order valence-corrected chi connectivity index (χ0v) is 18.2. The van der Waals surface area contributed by atoms with E-state index in [1.54, 1.807) is 0 Å². The highest BCUT2D eigenvalue weighted by Crippen LogP contribution is 2.29. The van der Waals surface area contributed by atoms with Crippen molar-refractivity contribution in [1.82, 2.24) is 24.8 Å². The van der Waals surface area contributed by atoms with Gasteiger partial charge < -0.3 is 19.0 Å². The number of oxazole rings is 1. The molecule has 8 nitrogen and oxygen atoms in total. The average Bonchev–Trinajstić information content (AvgIpc) is 3.52. The maximum atomic E-state index is 11.1. The van der Waals surface area contributed by atoms with Gasteiger partial charge in [0.2, 0.25) is 0 Å². The summed E-state index contributed by atoms with van der Waals surface area (Å²) in [6.07, 6.45) is 7.48. The molecule has 3 atom stereocenters. The Bertz CT molecular complexity index is 968. The summed E-state index contributed by atoms with van der Waals surface area (Å²) in [5, 5.41) is 14.6. The maximum absolute atomic E-state index is 11.1. The van der Waals surface area contributed by atoms with E-state index in [1.165, 1.54) is 0 Å². The second-order valence-corrected chi connectivity index (χ2v) is 8.79. The number of imidazole rings is 1. The summed E-state index contributed by atoms with van der Waals surface area (Å²) in [6, 6.07) is 8.73. The fourth-order valence-electron chi connectivity index (χ4n) is 4.92. The van der Waals surface area contributed by atoms with Crippen LogP contribution in [0.25, 0.3) is 11.1 Å². The number of likely N-dealkylation sites (tertiary alicyclic amines) is 1. The van der Waals surface area contributed by atoms with Crippen LogP contribution in [-0.4, -0.2) is 69.0 Å². The first-order chi connectivity index (χ1) is 15.2. The molecule has 4 heterocycles. The van der Waals surface area contributed by atoms with Gasteiger partial charge in [-0.25, -0.2) is 4.98 Å². The quantitative estimate of drug-likeness (QED) is 0.564. The van der Waals surface area contributed by atoms with E-state index < -0.39 is 6.23 Å². The Morgan fingerprint density at radius 3 is 2.94 bits per heavy atom. The third kappa shape index (κ3) is 4.46. The molecule has 0 bridgehead atoms. The second kappa shape index (κ2) is 8.98. The monoisotopic (exact) mass is 424 g/mol. The average molecular weight is 425 g/mol. The third-order valence-electron chi connectivity index (χ3n) is 6.70. The van der Waals surface area contributed by atoms with Crippen molar-refractivity contribution in [2.75, 3.05) is 31.1 Å². The molecule has 31 heavy (non-hydrogen) atoms. The molecule has 5 rings (SSSR count). The number of hydrogen-bond acceptors (Lipinski definition) is 7. The molecule has 1 aromatic carbocycles. The Kier molecular flexibility index (Phi) is 5.93. The van der Waals surface area contributed by atoms with Gasteiger partial charge in [0.1, 0.15) is 17.6 Å². The maximum Gasteiger partial charge on any atom is 0.298 e. The van der Waals surface area contributed by atoms with E-state index in [-0.39, 0.29) is 6.04 Å². The number of aliphatic hydroxyl groups excluding tert-OH is 1. The van der Waals surface area contributed by atoms with Crippen molar-refractivity contribution >= 4 is 17.1 Å². The Morgan fingerprint density at radius 1 is 1.19 bits per heavy atom. The van der Waals surface area contributed by atoms with Crippen LogP contribution in [0.15, 0.2) is 41.1 Å². The molecule has 2 aromatic heterocycles. The number of aromatic nitrogens is 3. The molecule has 1 unspecified atom stereocenters. The van der Waals surface area contributed by atoms with Gasteiger partial charge in [0.25, 0.3) is 6.01 Å². The number of anilines is 1. The Labute approximate surface area is 182 Å². The SMILES string of the molecule is Cc1nccn1CCN1CC[C@H](NC(O)[C@@H]2CCCCN2c2nc3ccccc3o2)C1. The van der Waals surface area contributed by atoms with Crippen molar-refractivity contribution in [3.05, 3.63) is 42.5 Å². The van der Waals surface area contributed by atoms with E-state index in [1.807, 2.05) is 43.6 Å². The van der Waals surface area contributed by atoms with Gasteiger partial charge in [-0.2, -0.15) is 4.98 Å². The largest absolute Gasteiger partial charge is 0.423 e. The molecular formula is C23H32N6O2. The number of aryl methyl sites for hydroxylation is 1. The molecule has 8 heteroatoms. The molecule has 166 valence electrons. The first kappa shape index (κ1) is 20.5. The van der Waals surface area contributed by atoms with E-state index in [0.717, 1.165) is 75.3 Å². The topological polar surface area (TPSA) is 82.6 Å². The molecule has 0 aliphatic carbocycles. The minimum Gasteiger partial charge on any atom is -0.423 e. The first-order valence-electron chi connectivity index (χ1n) is 11.4. The van der Waals surface area contributed by atoms with Gasteiger partial charge in [0.05, 0.1) is 6.04 Å². The van der Waals surface area contributed by atoms with E-state index in [4.69, 9.17) is 4.42 Å². The minimum absolute atomic E-state index is 0.0236. The smallest absolute Gasteiger partial charge is 0.298 e. The number of rotatable bonds is 7. The number of piperidine rings is 1. The summed E-state index contributed by atoms with van der Waals surface area (Å²) < 4.78 is 8.20. The molecule has 0 saturated carbocycles. The summed E-state index contributed by atoms with van der Waals surface area (Å²) in [4.78, 5) is 13.6. The number of aliphatic hydroxyl groups is 1. The predicted molar refractivity (Wildman–Crippen MR) is 120 cm³/mol. The van der Waals surface area contributed by atoms with Crippen molar-refractivity contribution in [3.8, 4) is 0 Å². The predicted octanol–water partition coefficient (Wildman–Crippen LogP) is 2.37. The highest BCUT2D eigenvalue weighted by molar-refractivity contribution is 5.74. The van der Waals surface area contributed by atoms with Crippen LogP contribution in [-0.2, 0) is 6.54 Å². The Hall–Kier alpha value is -2.42. The molecule has 2 N–H and O–H groups in total. The van der Waals surface area contributed by atoms with Gasteiger partial charge in [0.15, 0.2) is 5.58 Å². The van der Waals surface area contributed by atoms with E-state index >= 15 is 0 Å². The van der Waals surface area contributed by atoms with Gasteiger partial charge >= 0.3 is 0 Å². The van der Waals surface area contributed by atoms with Crippen molar-refractivity contribution < 1.29 is 9.52 Å². The highest BCUT2D eigenvalue weighted by atomic mass is 16.4. The molecule has 0 amide bonds. The van der Waals surface area contributed by atoms with Crippen molar-refractivity contribution in [3.63, 3.8) is 0 Å². The van der Waals surface area contributed by atoms with Crippen LogP contribution in [0, 0.1) is 6.92 Å². The summed E-state index contributed by atoms with van der Waals surface area (Å²) >= 11 is 0. The molecule has 2 fully saturated rings. The lowest BCUT2D eigenvalue weighted by Gasteiger charge is -2.38. The standard InChI is InChI=1S/C23H32N6O2/c1-17-24-10-13-28(17)15-14-27-12-9-18(16-27)25-22(30)20-7-4-5-11-29(20)23-26-19-6-2-3-8-21(19)31-23/h2-3,6,8,10,13,18,20,22,25,30H,4-5,7,9,11-12,14-16H2,1H3/t18-,20-,22?/m0/s1. The highest BCUT2D eigenvalue weighted by Gasteiger charge is 2.34. The first-order valence-corrected chi connectivity index (χ1v) is 11.4. The van der Waals surface area contributed by atoms with Gasteiger partial charge in [-0.3, -0.25) is 10.2 Å². The lowest BCUT2D eigenvalue weighted by atomic mass is 10.0. The number of nitrogens with one attached hydrogen (secondary N) is 1. The third-order valence-corrected chi connectivity index (χ3v) is 6.70. The Balaban J connectivity index is 1.19. The van der Waals surface area contributed by atoms with Crippen LogP contribution in [0.5, 0.6) is 0 Å². The van der Waals surface area contributed by atoms with Gasteiger partial charge in [-0.05, 0) is 51.3 Å².